The molecular weight excluding hydrogens is 290 g/mol. The monoisotopic (exact) mass is 311 g/mol. The minimum atomic E-state index is -0.127. The van der Waals surface area contributed by atoms with Crippen LogP contribution in [0.5, 0.6) is 0 Å². The summed E-state index contributed by atoms with van der Waals surface area (Å²) in [6.45, 7) is 0. The lowest BCUT2D eigenvalue weighted by Gasteiger charge is -2.20. The van der Waals surface area contributed by atoms with Gasteiger partial charge in [-0.2, -0.15) is 0 Å². The van der Waals surface area contributed by atoms with Crippen molar-refractivity contribution in [1.29, 1.82) is 0 Å². The van der Waals surface area contributed by atoms with Crippen molar-refractivity contribution >= 4 is 11.6 Å². The van der Waals surface area contributed by atoms with Gasteiger partial charge in [0.05, 0.1) is 0 Å². The number of fused-ring (bicyclic) bond motifs is 2. The van der Waals surface area contributed by atoms with Gasteiger partial charge in [-0.15, -0.1) is 0 Å². The number of benzene rings is 1. The van der Waals surface area contributed by atoms with Crippen molar-refractivity contribution in [2.45, 2.75) is 37.4 Å². The Morgan fingerprint density at radius 2 is 2.09 bits per heavy atom. The highest BCUT2D eigenvalue weighted by Crippen LogP contribution is 2.30. The predicted molar refractivity (Wildman–Crippen MR) is 89.5 cm³/mol. The van der Waals surface area contributed by atoms with E-state index in [4.69, 9.17) is 4.42 Å². The molecule has 5 heteroatoms. The molecule has 0 saturated carbocycles. The van der Waals surface area contributed by atoms with Crippen LogP contribution in [0.4, 0.5) is 5.69 Å². The van der Waals surface area contributed by atoms with Gasteiger partial charge in [0.15, 0.2) is 5.76 Å². The van der Waals surface area contributed by atoms with Crippen LogP contribution in [-0.2, 0) is 0 Å². The zero-order chi connectivity index (χ0) is 15.8. The van der Waals surface area contributed by atoms with Crippen LogP contribution < -0.4 is 16.0 Å². The van der Waals surface area contributed by atoms with Crippen LogP contribution in [0, 0.1) is 0 Å². The van der Waals surface area contributed by atoms with E-state index in [9.17, 15) is 4.79 Å². The molecule has 2 saturated heterocycles. The van der Waals surface area contributed by atoms with E-state index in [1.807, 2.05) is 37.4 Å². The van der Waals surface area contributed by atoms with Gasteiger partial charge in [-0.05, 0) is 43.5 Å². The third-order valence-electron chi connectivity index (χ3n) is 4.91. The van der Waals surface area contributed by atoms with Gasteiger partial charge in [-0.25, -0.2) is 0 Å². The Labute approximate surface area is 135 Å². The summed E-state index contributed by atoms with van der Waals surface area (Å²) in [6.07, 6.45) is 3.39. The van der Waals surface area contributed by atoms with Crippen molar-refractivity contribution in [3.05, 3.63) is 42.2 Å². The molecule has 3 atom stereocenters. The van der Waals surface area contributed by atoms with Gasteiger partial charge in [0.2, 0.25) is 0 Å². The molecule has 0 radical (unpaired) electrons. The molecular formula is C18H21N3O2. The lowest BCUT2D eigenvalue weighted by molar-refractivity contribution is 0.0903. The van der Waals surface area contributed by atoms with Crippen molar-refractivity contribution < 1.29 is 9.21 Å². The summed E-state index contributed by atoms with van der Waals surface area (Å²) in [5.74, 6) is 0.942. The molecule has 3 unspecified atom stereocenters. The Morgan fingerprint density at radius 3 is 2.83 bits per heavy atom. The number of amides is 1. The Morgan fingerprint density at radius 1 is 1.22 bits per heavy atom. The van der Waals surface area contributed by atoms with Crippen LogP contribution in [-0.4, -0.2) is 31.1 Å². The van der Waals surface area contributed by atoms with Crippen molar-refractivity contribution in [3.63, 3.8) is 0 Å². The molecule has 1 amide bonds. The fourth-order valence-electron chi connectivity index (χ4n) is 3.74. The number of nitrogens with one attached hydrogen (secondary N) is 3. The predicted octanol–water partition coefficient (Wildman–Crippen LogP) is 2.61. The van der Waals surface area contributed by atoms with Gasteiger partial charge in [-0.1, -0.05) is 12.1 Å². The molecule has 120 valence electrons. The first-order valence-electron chi connectivity index (χ1n) is 8.18. The van der Waals surface area contributed by atoms with Crippen molar-refractivity contribution in [1.82, 2.24) is 10.6 Å². The lowest BCUT2D eigenvalue weighted by Crippen LogP contribution is -2.42. The summed E-state index contributed by atoms with van der Waals surface area (Å²) in [5.41, 5.74) is 1.93. The summed E-state index contributed by atoms with van der Waals surface area (Å²) in [5, 5.41) is 9.78. The van der Waals surface area contributed by atoms with Crippen LogP contribution in [0.3, 0.4) is 0 Å². The number of hydrogen-bond donors (Lipinski definition) is 3. The molecule has 3 heterocycles. The van der Waals surface area contributed by atoms with Gasteiger partial charge in [0.25, 0.3) is 5.91 Å². The molecule has 2 bridgehead atoms. The summed E-state index contributed by atoms with van der Waals surface area (Å²) >= 11 is 0. The van der Waals surface area contributed by atoms with E-state index in [2.05, 4.69) is 16.0 Å². The van der Waals surface area contributed by atoms with E-state index in [0.29, 0.717) is 23.6 Å². The Balaban J connectivity index is 1.50. The molecule has 1 aromatic heterocycles. The van der Waals surface area contributed by atoms with Crippen LogP contribution in [0.25, 0.3) is 11.3 Å². The molecule has 2 aliphatic heterocycles. The maximum absolute atomic E-state index is 12.4. The maximum Gasteiger partial charge on any atom is 0.287 e. The number of para-hydroxylation sites is 1. The van der Waals surface area contributed by atoms with Crippen LogP contribution >= 0.6 is 0 Å². The van der Waals surface area contributed by atoms with Gasteiger partial charge < -0.3 is 20.4 Å². The van der Waals surface area contributed by atoms with E-state index in [1.165, 1.54) is 6.42 Å². The Kier molecular flexibility index (Phi) is 3.58. The van der Waals surface area contributed by atoms with Gasteiger partial charge in [0, 0.05) is 36.4 Å². The second kappa shape index (κ2) is 5.74. The first-order chi connectivity index (χ1) is 11.2. The largest absolute Gasteiger partial charge is 0.451 e. The third kappa shape index (κ3) is 2.61. The van der Waals surface area contributed by atoms with E-state index in [-0.39, 0.29) is 11.9 Å². The Bertz CT molecular complexity index is 725. The molecule has 5 nitrogen and oxygen atoms in total. The third-order valence-corrected chi connectivity index (χ3v) is 4.91. The second-order valence-electron chi connectivity index (χ2n) is 6.32. The van der Waals surface area contributed by atoms with Crippen LogP contribution in [0.1, 0.15) is 29.8 Å². The quantitative estimate of drug-likeness (QED) is 0.812. The van der Waals surface area contributed by atoms with E-state index in [1.54, 1.807) is 6.07 Å². The fourth-order valence-corrected chi connectivity index (χ4v) is 3.74. The second-order valence-corrected chi connectivity index (χ2v) is 6.32. The number of furan rings is 1. The molecule has 23 heavy (non-hydrogen) atoms. The SMILES string of the molecule is CNc1ccccc1-c1ccc(C(=O)NC2CC3CCC2N3)o1. The average Bonchev–Trinajstić information content (AvgIpc) is 3.31. The number of rotatable bonds is 4. The molecule has 0 aliphatic carbocycles. The number of carbonyl (C=O) groups is 1. The average molecular weight is 311 g/mol. The minimum absolute atomic E-state index is 0.127. The van der Waals surface area contributed by atoms with Crippen LogP contribution in [0.2, 0.25) is 0 Å². The summed E-state index contributed by atoms with van der Waals surface area (Å²) < 4.78 is 5.79. The number of anilines is 1. The topological polar surface area (TPSA) is 66.3 Å². The molecule has 1 aromatic carbocycles. The molecule has 0 spiro atoms. The summed E-state index contributed by atoms with van der Waals surface area (Å²) in [6, 6.07) is 12.7. The highest BCUT2D eigenvalue weighted by Gasteiger charge is 2.39. The van der Waals surface area contributed by atoms with Crippen molar-refractivity contribution in [3.8, 4) is 11.3 Å². The fraction of sp³-hybridized carbons (Fsp3) is 0.389. The molecule has 2 fully saturated rings. The molecule has 2 aliphatic rings. The first-order valence-corrected chi connectivity index (χ1v) is 8.18. The number of carbonyl (C=O) groups excluding carboxylic acids is 1. The van der Waals surface area contributed by atoms with Gasteiger partial charge in [0.1, 0.15) is 5.76 Å². The van der Waals surface area contributed by atoms with Gasteiger partial charge in [-0.3, -0.25) is 4.79 Å². The molecule has 3 N–H and O–H groups in total. The van der Waals surface area contributed by atoms with E-state index >= 15 is 0 Å². The maximum atomic E-state index is 12.4. The van der Waals surface area contributed by atoms with E-state index in [0.717, 1.165) is 24.1 Å². The standard InChI is InChI=1S/C18H21N3O2/c1-19-13-5-3-2-4-12(13)16-8-9-17(23-16)18(22)21-15-10-11-6-7-14(15)20-11/h2-5,8-9,11,14-15,19-20H,6-7,10H2,1H3,(H,21,22). The first kappa shape index (κ1) is 14.3. The molecule has 2 aromatic rings. The van der Waals surface area contributed by atoms with Gasteiger partial charge >= 0.3 is 0 Å². The molecule has 4 rings (SSSR count). The minimum Gasteiger partial charge on any atom is -0.451 e. The lowest BCUT2D eigenvalue weighted by atomic mass is 9.95. The Hall–Kier alpha value is -2.27. The number of hydrogen-bond acceptors (Lipinski definition) is 4. The van der Waals surface area contributed by atoms with E-state index < -0.39 is 0 Å². The van der Waals surface area contributed by atoms with Crippen molar-refractivity contribution in [2.24, 2.45) is 0 Å². The smallest absolute Gasteiger partial charge is 0.287 e. The normalized spacial score (nSPS) is 25.5. The zero-order valence-corrected chi connectivity index (χ0v) is 13.1. The summed E-state index contributed by atoms with van der Waals surface area (Å²) in [4.78, 5) is 12.4. The zero-order valence-electron chi connectivity index (χ0n) is 13.1. The highest BCUT2D eigenvalue weighted by molar-refractivity contribution is 5.92. The van der Waals surface area contributed by atoms with Crippen molar-refractivity contribution in [2.75, 3.05) is 12.4 Å². The highest BCUT2D eigenvalue weighted by atomic mass is 16.3. The van der Waals surface area contributed by atoms with Crippen LogP contribution in [0.15, 0.2) is 40.8 Å². The summed E-state index contributed by atoms with van der Waals surface area (Å²) in [7, 11) is 1.87.